The van der Waals surface area contributed by atoms with E-state index in [1.54, 1.807) is 24.3 Å². The largest absolute Gasteiger partial charge is 0.461 e. The molecule has 1 aromatic carbocycles. The number of nitrogens with zero attached hydrogens (tertiary/aromatic N) is 5. The molecular formula is C35H38N6O4. The number of ether oxygens (including phenoxy) is 1. The zero-order chi connectivity index (χ0) is 31.2. The second kappa shape index (κ2) is 11.7. The van der Waals surface area contributed by atoms with Crippen molar-refractivity contribution in [2.75, 3.05) is 36.9 Å². The highest BCUT2D eigenvalue weighted by molar-refractivity contribution is 6.06. The van der Waals surface area contributed by atoms with Gasteiger partial charge in [-0.05, 0) is 79.8 Å². The van der Waals surface area contributed by atoms with Gasteiger partial charge in [-0.2, -0.15) is 0 Å². The summed E-state index contributed by atoms with van der Waals surface area (Å²) >= 11 is 0. The first-order valence-electron chi connectivity index (χ1n) is 15.7. The molecule has 0 spiro atoms. The molecule has 3 aromatic heterocycles. The molecule has 0 bridgehead atoms. The van der Waals surface area contributed by atoms with Crippen molar-refractivity contribution in [3.63, 3.8) is 0 Å². The number of carbonyl (C=O) groups is 2. The smallest absolute Gasteiger partial charge is 0.302 e. The van der Waals surface area contributed by atoms with Gasteiger partial charge in [0, 0.05) is 81.0 Å². The maximum Gasteiger partial charge on any atom is 0.302 e. The van der Waals surface area contributed by atoms with Crippen LogP contribution in [0.1, 0.15) is 58.6 Å². The number of anilines is 3. The van der Waals surface area contributed by atoms with Gasteiger partial charge in [0.1, 0.15) is 23.8 Å². The predicted octanol–water partition coefficient (Wildman–Crippen LogP) is 4.62. The van der Waals surface area contributed by atoms with E-state index in [-0.39, 0.29) is 18.1 Å². The number of amides is 1. The minimum absolute atomic E-state index is 0.0570. The van der Waals surface area contributed by atoms with Crippen LogP contribution >= 0.6 is 0 Å². The number of nitrogens with one attached hydrogen (secondary N) is 1. The highest BCUT2D eigenvalue weighted by Crippen LogP contribution is 2.35. The molecule has 232 valence electrons. The number of hydrogen-bond donors (Lipinski definition) is 1. The number of hydrogen-bond acceptors (Lipinski definition) is 7. The summed E-state index contributed by atoms with van der Waals surface area (Å²) in [5, 5.41) is 3.31. The van der Waals surface area contributed by atoms with Crippen LogP contribution in [0, 0.1) is 0 Å². The first-order chi connectivity index (χ1) is 21.8. The highest BCUT2D eigenvalue weighted by Gasteiger charge is 2.33. The van der Waals surface area contributed by atoms with Gasteiger partial charge >= 0.3 is 5.97 Å². The molecule has 0 radical (unpaired) electrons. The molecule has 1 amide bonds. The molecule has 45 heavy (non-hydrogen) atoms. The van der Waals surface area contributed by atoms with Crippen molar-refractivity contribution in [2.45, 2.75) is 51.7 Å². The Morgan fingerprint density at radius 3 is 2.56 bits per heavy atom. The molecular weight excluding hydrogens is 568 g/mol. The number of likely N-dealkylation sites (N-methyl/N-ethyl adjacent to an activating group) is 1. The average Bonchev–Trinajstić information content (AvgIpc) is 3.41. The summed E-state index contributed by atoms with van der Waals surface area (Å²) in [5.74, 6) is 0.467. The van der Waals surface area contributed by atoms with Crippen LogP contribution < -0.4 is 15.8 Å². The van der Waals surface area contributed by atoms with Crippen LogP contribution in [0.3, 0.4) is 0 Å². The van der Waals surface area contributed by atoms with Gasteiger partial charge in [0.2, 0.25) is 0 Å². The number of rotatable bonds is 7. The fourth-order valence-electron chi connectivity index (χ4n) is 6.99. The summed E-state index contributed by atoms with van der Waals surface area (Å²) in [6.07, 6.45) is 7.72. The Balaban J connectivity index is 1.24. The van der Waals surface area contributed by atoms with Crippen molar-refractivity contribution in [3.8, 4) is 11.1 Å². The van der Waals surface area contributed by atoms with Crippen LogP contribution in [-0.2, 0) is 42.6 Å². The molecule has 0 unspecified atom stereocenters. The minimum Gasteiger partial charge on any atom is -0.461 e. The summed E-state index contributed by atoms with van der Waals surface area (Å²) in [6, 6.07) is 13.9. The zero-order valence-electron chi connectivity index (χ0n) is 26.0. The van der Waals surface area contributed by atoms with Crippen LogP contribution in [0.15, 0.2) is 59.7 Å². The third kappa shape index (κ3) is 5.44. The van der Waals surface area contributed by atoms with Crippen molar-refractivity contribution in [1.82, 2.24) is 19.0 Å². The van der Waals surface area contributed by atoms with Crippen LogP contribution in [0.25, 0.3) is 11.1 Å². The van der Waals surface area contributed by atoms with Crippen molar-refractivity contribution < 1.29 is 14.3 Å². The standard InChI is InChI=1S/C35H38N6O4/c1-22(42)45-21-29-28(12-13-36-33(29)41-15-14-40-31-7-5-4-6-24(31)17-32(40)35(41)44)25-16-30(34(43)39(3)20-25)37-27-10-8-23(9-11-27)26-18-38(2)19-26/h8-13,16-17,20,26,37H,4-7,14-15,18-19,21H2,1-3H3. The van der Waals surface area contributed by atoms with E-state index < -0.39 is 5.97 Å². The van der Waals surface area contributed by atoms with Crippen LogP contribution in [0.5, 0.6) is 0 Å². The first kappa shape index (κ1) is 29.0. The normalized spacial score (nSPS) is 16.6. The van der Waals surface area contributed by atoms with Crippen molar-refractivity contribution >= 4 is 29.1 Å². The van der Waals surface area contributed by atoms with Gasteiger partial charge in [0.05, 0.1) is 0 Å². The maximum absolute atomic E-state index is 13.9. The Bertz CT molecular complexity index is 1850. The van der Waals surface area contributed by atoms with E-state index in [4.69, 9.17) is 4.74 Å². The summed E-state index contributed by atoms with van der Waals surface area (Å²) < 4.78 is 9.22. The molecule has 4 aromatic rings. The zero-order valence-corrected chi connectivity index (χ0v) is 26.0. The maximum atomic E-state index is 13.9. The number of pyridine rings is 2. The van der Waals surface area contributed by atoms with Crippen molar-refractivity contribution in [2.24, 2.45) is 7.05 Å². The number of likely N-dealkylation sites (tertiary alicyclic amines) is 1. The highest BCUT2D eigenvalue weighted by atomic mass is 16.5. The second-order valence-corrected chi connectivity index (χ2v) is 12.5. The number of aryl methyl sites for hydroxylation is 2. The number of esters is 1. The number of carbonyl (C=O) groups excluding carboxylic acids is 2. The van der Waals surface area contributed by atoms with Crippen LogP contribution in [-0.4, -0.2) is 57.6 Å². The third-order valence-corrected chi connectivity index (χ3v) is 9.35. The van der Waals surface area contributed by atoms with E-state index in [2.05, 4.69) is 38.9 Å². The Morgan fingerprint density at radius 2 is 1.80 bits per heavy atom. The Morgan fingerprint density at radius 1 is 1.02 bits per heavy atom. The van der Waals surface area contributed by atoms with Gasteiger partial charge in [-0.3, -0.25) is 19.3 Å². The van der Waals surface area contributed by atoms with E-state index >= 15 is 0 Å². The van der Waals surface area contributed by atoms with Gasteiger partial charge in [0.25, 0.3) is 11.5 Å². The summed E-state index contributed by atoms with van der Waals surface area (Å²) in [5.41, 5.74) is 7.68. The fraction of sp³-hybridized carbons (Fsp3) is 0.371. The molecule has 7 rings (SSSR count). The lowest BCUT2D eigenvalue weighted by Crippen LogP contribution is -2.41. The molecule has 1 fully saturated rings. The number of benzene rings is 1. The Labute approximate surface area is 262 Å². The van der Waals surface area contributed by atoms with Crippen molar-refractivity contribution in [3.05, 3.63) is 93.3 Å². The molecule has 1 aliphatic carbocycles. The van der Waals surface area contributed by atoms with Gasteiger partial charge in [-0.15, -0.1) is 0 Å². The van der Waals surface area contributed by atoms with Gasteiger partial charge < -0.3 is 24.1 Å². The van der Waals surface area contributed by atoms with E-state index in [0.29, 0.717) is 41.8 Å². The molecule has 10 heteroatoms. The monoisotopic (exact) mass is 606 g/mol. The summed E-state index contributed by atoms with van der Waals surface area (Å²) in [4.78, 5) is 47.8. The second-order valence-electron chi connectivity index (χ2n) is 12.5. The van der Waals surface area contributed by atoms with E-state index in [1.165, 1.54) is 28.3 Å². The lowest BCUT2D eigenvalue weighted by molar-refractivity contribution is -0.142. The van der Waals surface area contributed by atoms with E-state index in [0.717, 1.165) is 55.6 Å². The molecule has 2 aliphatic heterocycles. The van der Waals surface area contributed by atoms with Gasteiger partial charge in [0.15, 0.2) is 0 Å². The summed E-state index contributed by atoms with van der Waals surface area (Å²) in [6.45, 7) is 4.55. The summed E-state index contributed by atoms with van der Waals surface area (Å²) in [7, 11) is 3.83. The van der Waals surface area contributed by atoms with Crippen LogP contribution in [0.4, 0.5) is 17.2 Å². The van der Waals surface area contributed by atoms with Crippen LogP contribution in [0.2, 0.25) is 0 Å². The van der Waals surface area contributed by atoms with Gasteiger partial charge in [-0.1, -0.05) is 12.1 Å². The topological polar surface area (TPSA) is 102 Å². The quantitative estimate of drug-likeness (QED) is 0.306. The van der Waals surface area contributed by atoms with Gasteiger partial charge in [-0.25, -0.2) is 4.98 Å². The SMILES string of the molecule is CC(=O)OCc1c(-c2cc(Nc3ccc(C4CN(C)C4)cc3)c(=O)n(C)c2)ccnc1N1CCn2c(cc3c2CCCC3)C1=O. The Hall–Kier alpha value is -4.70. The fourth-order valence-corrected chi connectivity index (χ4v) is 6.99. The third-order valence-electron chi connectivity index (χ3n) is 9.35. The lowest BCUT2D eigenvalue weighted by Gasteiger charge is -2.36. The van der Waals surface area contributed by atoms with E-state index in [1.807, 2.05) is 30.3 Å². The molecule has 10 nitrogen and oxygen atoms in total. The number of fused-ring (bicyclic) bond motifs is 3. The lowest BCUT2D eigenvalue weighted by atomic mass is 9.92. The molecule has 1 N–H and O–H groups in total. The first-order valence-corrected chi connectivity index (χ1v) is 15.7. The Kier molecular flexibility index (Phi) is 7.53. The predicted molar refractivity (Wildman–Crippen MR) is 173 cm³/mol. The average molecular weight is 607 g/mol. The molecule has 0 atom stereocenters. The molecule has 5 heterocycles. The van der Waals surface area contributed by atoms with Crippen molar-refractivity contribution in [1.29, 1.82) is 0 Å². The molecule has 3 aliphatic rings. The minimum atomic E-state index is -0.429. The molecule has 0 saturated carbocycles. The molecule has 1 saturated heterocycles. The number of aromatic nitrogens is 3. The van der Waals surface area contributed by atoms with E-state index in [9.17, 15) is 14.4 Å².